The summed E-state index contributed by atoms with van der Waals surface area (Å²) in [7, 11) is 0. The maximum Gasteiger partial charge on any atom is 0.267 e. The lowest BCUT2D eigenvalue weighted by molar-refractivity contribution is -0.119. The van der Waals surface area contributed by atoms with Crippen molar-refractivity contribution < 1.29 is 14.3 Å². The van der Waals surface area contributed by atoms with Crippen molar-refractivity contribution in [3.63, 3.8) is 0 Å². The molecule has 1 aliphatic rings. The molecule has 1 aromatic heterocycles. The first kappa shape index (κ1) is 19.2. The Balaban J connectivity index is 1.61. The number of ether oxygens (including phenoxy) is 2. The third-order valence-corrected chi connectivity index (χ3v) is 5.18. The number of aryl methyl sites for hydroxylation is 1. The van der Waals surface area contributed by atoms with Gasteiger partial charge in [0.1, 0.15) is 6.04 Å². The van der Waals surface area contributed by atoms with E-state index in [-0.39, 0.29) is 18.3 Å². The summed E-state index contributed by atoms with van der Waals surface area (Å²) in [5, 5.41) is 7.27. The van der Waals surface area contributed by atoms with Crippen LogP contribution in [-0.2, 0) is 4.79 Å². The van der Waals surface area contributed by atoms with Crippen molar-refractivity contribution in [3.05, 3.63) is 68.9 Å². The highest BCUT2D eigenvalue weighted by Gasteiger charge is 2.20. The topological polar surface area (TPSA) is 82.5 Å². The van der Waals surface area contributed by atoms with Crippen LogP contribution in [0.15, 0.2) is 57.8 Å². The van der Waals surface area contributed by atoms with Crippen molar-refractivity contribution in [2.75, 3.05) is 12.1 Å². The first-order valence-electron chi connectivity index (χ1n) is 8.99. The molecule has 0 saturated heterocycles. The molecule has 3 aromatic rings. The van der Waals surface area contributed by atoms with Gasteiger partial charge in [-0.2, -0.15) is 5.10 Å². The molecular formula is C21H18BrN3O4. The molecule has 0 radical (unpaired) electrons. The summed E-state index contributed by atoms with van der Waals surface area (Å²) in [6.45, 7) is 3.72. The van der Waals surface area contributed by atoms with E-state index < -0.39 is 6.04 Å². The van der Waals surface area contributed by atoms with Crippen LogP contribution in [0, 0.1) is 6.92 Å². The van der Waals surface area contributed by atoms with Gasteiger partial charge in [-0.15, -0.1) is 0 Å². The van der Waals surface area contributed by atoms with Crippen molar-refractivity contribution in [1.82, 2.24) is 9.78 Å². The first-order chi connectivity index (χ1) is 13.9. The summed E-state index contributed by atoms with van der Waals surface area (Å²) in [5.74, 6) is 0.964. The van der Waals surface area contributed by atoms with Crippen molar-refractivity contribution in [1.29, 1.82) is 0 Å². The second-order valence-corrected chi connectivity index (χ2v) is 7.61. The van der Waals surface area contributed by atoms with E-state index in [1.165, 1.54) is 10.7 Å². The number of anilines is 1. The van der Waals surface area contributed by atoms with Crippen LogP contribution in [0.25, 0.3) is 11.3 Å². The predicted octanol–water partition coefficient (Wildman–Crippen LogP) is 3.91. The zero-order valence-corrected chi connectivity index (χ0v) is 17.4. The maximum absolute atomic E-state index is 12.7. The summed E-state index contributed by atoms with van der Waals surface area (Å²) in [6, 6.07) is 13.2. The number of nitrogens with zero attached hydrogens (tertiary/aromatic N) is 2. The van der Waals surface area contributed by atoms with E-state index in [9.17, 15) is 9.59 Å². The lowest BCUT2D eigenvalue weighted by Gasteiger charge is -2.16. The van der Waals surface area contributed by atoms with E-state index >= 15 is 0 Å². The zero-order valence-electron chi connectivity index (χ0n) is 15.8. The van der Waals surface area contributed by atoms with E-state index in [1.54, 1.807) is 25.1 Å². The molecule has 148 valence electrons. The van der Waals surface area contributed by atoms with E-state index in [1.807, 2.05) is 31.2 Å². The number of aromatic nitrogens is 2. The van der Waals surface area contributed by atoms with Crippen LogP contribution >= 0.6 is 15.9 Å². The van der Waals surface area contributed by atoms with Crippen molar-refractivity contribution in [2.45, 2.75) is 19.9 Å². The Morgan fingerprint density at radius 2 is 1.93 bits per heavy atom. The highest BCUT2D eigenvalue weighted by atomic mass is 79.9. The van der Waals surface area contributed by atoms with E-state index in [2.05, 4.69) is 26.3 Å². The monoisotopic (exact) mass is 455 g/mol. The average molecular weight is 456 g/mol. The van der Waals surface area contributed by atoms with E-state index in [0.29, 0.717) is 22.9 Å². The number of fused-ring (bicyclic) bond motifs is 1. The first-order valence-corrected chi connectivity index (χ1v) is 9.78. The third kappa shape index (κ3) is 3.88. The van der Waals surface area contributed by atoms with E-state index in [4.69, 9.17) is 9.47 Å². The Bertz CT molecular complexity index is 1160. The van der Waals surface area contributed by atoms with Crippen LogP contribution in [-0.4, -0.2) is 22.5 Å². The lowest BCUT2D eigenvalue weighted by Crippen LogP contribution is -2.33. The fourth-order valence-corrected chi connectivity index (χ4v) is 3.50. The molecule has 0 saturated carbocycles. The van der Waals surface area contributed by atoms with Gasteiger partial charge in [0.15, 0.2) is 11.5 Å². The second kappa shape index (κ2) is 7.71. The molecule has 4 rings (SSSR count). The number of halogens is 1. The Morgan fingerprint density at radius 1 is 1.14 bits per heavy atom. The van der Waals surface area contributed by atoms with Gasteiger partial charge in [-0.25, -0.2) is 4.68 Å². The maximum atomic E-state index is 12.7. The Morgan fingerprint density at radius 3 is 2.72 bits per heavy atom. The number of rotatable bonds is 4. The predicted molar refractivity (Wildman–Crippen MR) is 112 cm³/mol. The van der Waals surface area contributed by atoms with Crippen LogP contribution in [0.1, 0.15) is 18.5 Å². The average Bonchev–Trinajstić information content (AvgIpc) is 3.17. The fraction of sp³-hybridized carbons (Fsp3) is 0.190. The van der Waals surface area contributed by atoms with Gasteiger partial charge in [-0.05, 0) is 61.9 Å². The molecule has 0 bridgehead atoms. The minimum absolute atomic E-state index is 0.179. The molecule has 2 aromatic carbocycles. The van der Waals surface area contributed by atoms with Gasteiger partial charge in [0.2, 0.25) is 12.7 Å². The fourth-order valence-electron chi connectivity index (χ4n) is 3.03. The molecule has 29 heavy (non-hydrogen) atoms. The highest BCUT2D eigenvalue weighted by Crippen LogP contribution is 2.35. The van der Waals surface area contributed by atoms with Gasteiger partial charge >= 0.3 is 0 Å². The quantitative estimate of drug-likeness (QED) is 0.644. The summed E-state index contributed by atoms with van der Waals surface area (Å²) in [5.41, 5.74) is 2.56. The highest BCUT2D eigenvalue weighted by molar-refractivity contribution is 9.10. The largest absolute Gasteiger partial charge is 0.454 e. The molecule has 0 fully saturated rings. The van der Waals surface area contributed by atoms with Crippen molar-refractivity contribution in [2.24, 2.45) is 0 Å². The van der Waals surface area contributed by atoms with Crippen LogP contribution in [0.3, 0.4) is 0 Å². The molecule has 1 unspecified atom stereocenters. The Labute approximate surface area is 175 Å². The minimum Gasteiger partial charge on any atom is -0.454 e. The SMILES string of the molecule is Cc1cc(Br)ccc1NC(=O)C(C)n1nc(-c2ccc3c(c2)OCO3)ccc1=O. The summed E-state index contributed by atoms with van der Waals surface area (Å²) in [6.07, 6.45) is 0. The number of amides is 1. The Kier molecular flexibility index (Phi) is 5.10. The molecular weight excluding hydrogens is 438 g/mol. The van der Waals surface area contributed by atoms with Gasteiger partial charge in [0, 0.05) is 21.8 Å². The van der Waals surface area contributed by atoms with Crippen LogP contribution in [0.2, 0.25) is 0 Å². The van der Waals surface area contributed by atoms with Gasteiger partial charge in [-0.1, -0.05) is 15.9 Å². The van der Waals surface area contributed by atoms with Crippen molar-refractivity contribution in [3.8, 4) is 22.8 Å². The van der Waals surface area contributed by atoms with Crippen LogP contribution in [0.4, 0.5) is 5.69 Å². The number of hydrogen-bond acceptors (Lipinski definition) is 5. The number of hydrogen-bond donors (Lipinski definition) is 1. The lowest BCUT2D eigenvalue weighted by atomic mass is 10.1. The number of carbonyl (C=O) groups excluding carboxylic acids is 1. The molecule has 1 N–H and O–H groups in total. The second-order valence-electron chi connectivity index (χ2n) is 6.69. The minimum atomic E-state index is -0.792. The summed E-state index contributed by atoms with van der Waals surface area (Å²) < 4.78 is 12.8. The van der Waals surface area contributed by atoms with Gasteiger partial charge < -0.3 is 14.8 Å². The molecule has 8 heteroatoms. The third-order valence-electron chi connectivity index (χ3n) is 4.69. The molecule has 1 atom stereocenters. The van der Waals surface area contributed by atoms with Crippen LogP contribution in [0.5, 0.6) is 11.5 Å². The van der Waals surface area contributed by atoms with E-state index in [0.717, 1.165) is 15.6 Å². The summed E-state index contributed by atoms with van der Waals surface area (Å²) in [4.78, 5) is 25.1. The van der Waals surface area contributed by atoms with Crippen LogP contribution < -0.4 is 20.3 Å². The molecule has 7 nitrogen and oxygen atoms in total. The number of carbonyl (C=O) groups is 1. The standard InChI is InChI=1S/C21H18BrN3O4/c1-12-9-15(22)4-5-16(12)23-21(27)13(2)25-20(26)8-6-17(24-25)14-3-7-18-19(10-14)29-11-28-18/h3-10,13H,11H2,1-2H3,(H,23,27). The van der Waals surface area contributed by atoms with Gasteiger partial charge in [-0.3, -0.25) is 9.59 Å². The van der Waals surface area contributed by atoms with Crippen molar-refractivity contribution >= 4 is 27.5 Å². The van der Waals surface area contributed by atoms with Gasteiger partial charge in [0.05, 0.1) is 5.69 Å². The molecule has 1 amide bonds. The number of benzene rings is 2. The smallest absolute Gasteiger partial charge is 0.267 e. The molecule has 2 heterocycles. The zero-order chi connectivity index (χ0) is 20.5. The molecule has 1 aliphatic heterocycles. The normalized spacial score (nSPS) is 13.2. The summed E-state index contributed by atoms with van der Waals surface area (Å²) >= 11 is 3.40. The molecule has 0 aliphatic carbocycles. The van der Waals surface area contributed by atoms with Gasteiger partial charge in [0.25, 0.3) is 5.56 Å². The Hall–Kier alpha value is -3.13. The number of nitrogens with one attached hydrogen (secondary N) is 1. The molecule has 0 spiro atoms.